The summed E-state index contributed by atoms with van der Waals surface area (Å²) in [5, 5.41) is 0. The lowest BCUT2D eigenvalue weighted by Crippen LogP contribution is -2.36. The summed E-state index contributed by atoms with van der Waals surface area (Å²) in [5.74, 6) is 0.0402. The molecule has 2 aliphatic heterocycles. The first-order valence-electron chi connectivity index (χ1n) is 8.63. The Labute approximate surface area is 148 Å². The van der Waals surface area contributed by atoms with Crippen LogP contribution in [-0.2, 0) is 26.9 Å². The van der Waals surface area contributed by atoms with E-state index in [1.54, 1.807) is 4.31 Å². The number of nitrogens with zero attached hydrogens (tertiary/aromatic N) is 2. The fourth-order valence-corrected chi connectivity index (χ4v) is 5.14. The molecule has 2 aromatic rings. The zero-order chi connectivity index (χ0) is 17.3. The first kappa shape index (κ1) is 16.4. The summed E-state index contributed by atoms with van der Waals surface area (Å²) < 4.78 is 32.7. The highest BCUT2D eigenvalue weighted by molar-refractivity contribution is 7.92. The molecule has 0 aromatic heterocycles. The predicted molar refractivity (Wildman–Crippen MR) is 99.6 cm³/mol. The largest absolute Gasteiger partial charge is 0.378 e. The maximum atomic E-state index is 12.9. The van der Waals surface area contributed by atoms with Crippen LogP contribution in [0.5, 0.6) is 0 Å². The van der Waals surface area contributed by atoms with E-state index in [1.165, 1.54) is 0 Å². The summed E-state index contributed by atoms with van der Waals surface area (Å²) >= 11 is 0. The van der Waals surface area contributed by atoms with E-state index < -0.39 is 10.0 Å². The highest BCUT2D eigenvalue weighted by atomic mass is 32.2. The maximum Gasteiger partial charge on any atom is 0.239 e. The lowest BCUT2D eigenvalue weighted by Gasteiger charge is -2.29. The summed E-state index contributed by atoms with van der Waals surface area (Å²) in [6.45, 7) is 3.78. The summed E-state index contributed by atoms with van der Waals surface area (Å²) in [5.41, 5.74) is 3.92. The van der Waals surface area contributed by atoms with Gasteiger partial charge in [-0.15, -0.1) is 0 Å². The van der Waals surface area contributed by atoms with Gasteiger partial charge in [-0.1, -0.05) is 30.3 Å². The molecule has 0 saturated carbocycles. The summed E-state index contributed by atoms with van der Waals surface area (Å²) in [6, 6.07) is 15.5. The van der Waals surface area contributed by atoms with E-state index >= 15 is 0 Å². The number of hydrogen-bond acceptors (Lipinski definition) is 4. The fraction of sp³-hybridized carbons (Fsp3) is 0.368. The second kappa shape index (κ2) is 6.69. The normalized spacial score (nSPS) is 17.6. The third-order valence-electron chi connectivity index (χ3n) is 4.82. The van der Waals surface area contributed by atoms with E-state index in [9.17, 15) is 8.42 Å². The van der Waals surface area contributed by atoms with Gasteiger partial charge in [0.15, 0.2) is 0 Å². The molecule has 0 unspecified atom stereocenters. The van der Waals surface area contributed by atoms with Crippen LogP contribution in [0.1, 0.15) is 11.1 Å². The van der Waals surface area contributed by atoms with Crippen molar-refractivity contribution in [3.63, 3.8) is 0 Å². The van der Waals surface area contributed by atoms with Crippen molar-refractivity contribution < 1.29 is 13.2 Å². The van der Waals surface area contributed by atoms with Gasteiger partial charge >= 0.3 is 0 Å². The standard InChI is InChI=1S/C19H22N2O3S/c22-25(23,15-16-4-2-1-3-5-16)21-9-8-17-14-18(6-7-19(17)21)20-10-12-24-13-11-20/h1-7,14H,8-13,15H2. The molecule has 25 heavy (non-hydrogen) atoms. The van der Waals surface area contributed by atoms with Crippen LogP contribution in [-0.4, -0.2) is 41.3 Å². The number of rotatable bonds is 4. The molecule has 6 heteroatoms. The Balaban J connectivity index is 1.57. The topological polar surface area (TPSA) is 49.9 Å². The van der Waals surface area contributed by atoms with Gasteiger partial charge in [-0.25, -0.2) is 8.42 Å². The van der Waals surface area contributed by atoms with Gasteiger partial charge in [0.1, 0.15) is 0 Å². The molecule has 0 atom stereocenters. The van der Waals surface area contributed by atoms with Crippen molar-refractivity contribution in [3.05, 3.63) is 59.7 Å². The third kappa shape index (κ3) is 3.37. The van der Waals surface area contributed by atoms with Crippen molar-refractivity contribution in [2.45, 2.75) is 12.2 Å². The number of fused-ring (bicyclic) bond motifs is 1. The third-order valence-corrected chi connectivity index (χ3v) is 6.57. The Morgan fingerprint density at radius 1 is 0.960 bits per heavy atom. The Morgan fingerprint density at radius 2 is 1.72 bits per heavy atom. The van der Waals surface area contributed by atoms with Crippen LogP contribution >= 0.6 is 0 Å². The SMILES string of the molecule is O=S(=O)(Cc1ccccc1)N1CCc2cc(N3CCOCC3)ccc21. The Hall–Kier alpha value is -2.05. The molecule has 0 bridgehead atoms. The molecule has 0 amide bonds. The molecule has 2 aromatic carbocycles. The highest BCUT2D eigenvalue weighted by Gasteiger charge is 2.30. The van der Waals surface area contributed by atoms with Gasteiger partial charge in [-0.3, -0.25) is 4.31 Å². The molecular formula is C19H22N2O3S. The monoisotopic (exact) mass is 358 g/mol. The zero-order valence-electron chi connectivity index (χ0n) is 14.1. The number of morpholine rings is 1. The van der Waals surface area contributed by atoms with Crippen molar-refractivity contribution in [2.75, 3.05) is 42.1 Å². The molecule has 0 spiro atoms. The molecule has 0 aliphatic carbocycles. The number of anilines is 2. The molecule has 2 aliphatic rings. The lowest BCUT2D eigenvalue weighted by molar-refractivity contribution is 0.122. The van der Waals surface area contributed by atoms with Crippen LogP contribution < -0.4 is 9.21 Å². The Morgan fingerprint density at radius 3 is 2.48 bits per heavy atom. The van der Waals surface area contributed by atoms with Crippen molar-refractivity contribution in [2.24, 2.45) is 0 Å². The quantitative estimate of drug-likeness (QED) is 0.842. The molecular weight excluding hydrogens is 336 g/mol. The van der Waals surface area contributed by atoms with E-state index in [0.29, 0.717) is 6.54 Å². The van der Waals surface area contributed by atoms with E-state index in [0.717, 1.165) is 55.2 Å². The Bertz CT molecular complexity index is 846. The number of sulfonamides is 1. The van der Waals surface area contributed by atoms with Crippen LogP contribution in [0.15, 0.2) is 48.5 Å². The first-order valence-corrected chi connectivity index (χ1v) is 10.2. The first-order chi connectivity index (χ1) is 12.1. The van der Waals surface area contributed by atoms with Gasteiger partial charge < -0.3 is 9.64 Å². The lowest BCUT2D eigenvalue weighted by atomic mass is 10.1. The van der Waals surface area contributed by atoms with Gasteiger partial charge in [0.2, 0.25) is 10.0 Å². The van der Waals surface area contributed by atoms with Crippen molar-refractivity contribution in [1.29, 1.82) is 0 Å². The molecule has 132 valence electrons. The predicted octanol–water partition coefficient (Wildman–Crippen LogP) is 2.42. The van der Waals surface area contributed by atoms with Crippen molar-refractivity contribution >= 4 is 21.4 Å². The van der Waals surface area contributed by atoms with Crippen LogP contribution in [0.25, 0.3) is 0 Å². The summed E-state index contributed by atoms with van der Waals surface area (Å²) in [4.78, 5) is 2.30. The fourth-order valence-electron chi connectivity index (χ4n) is 3.53. The summed E-state index contributed by atoms with van der Waals surface area (Å²) in [6.07, 6.45) is 0.765. The molecule has 1 saturated heterocycles. The molecule has 4 rings (SSSR count). The van der Waals surface area contributed by atoms with Crippen LogP contribution in [0.4, 0.5) is 11.4 Å². The van der Waals surface area contributed by atoms with Crippen LogP contribution in [0, 0.1) is 0 Å². The molecule has 0 radical (unpaired) electrons. The minimum atomic E-state index is -3.36. The van der Waals surface area contributed by atoms with E-state index in [1.807, 2.05) is 42.5 Å². The van der Waals surface area contributed by atoms with Gasteiger partial charge in [-0.05, 0) is 35.7 Å². The van der Waals surface area contributed by atoms with Gasteiger partial charge in [-0.2, -0.15) is 0 Å². The van der Waals surface area contributed by atoms with Crippen LogP contribution in [0.2, 0.25) is 0 Å². The Kier molecular flexibility index (Phi) is 4.39. The molecule has 0 N–H and O–H groups in total. The molecule has 5 nitrogen and oxygen atoms in total. The highest BCUT2D eigenvalue weighted by Crippen LogP contribution is 2.34. The smallest absolute Gasteiger partial charge is 0.239 e. The van der Waals surface area contributed by atoms with Crippen LogP contribution in [0.3, 0.4) is 0 Å². The van der Waals surface area contributed by atoms with Gasteiger partial charge in [0.05, 0.1) is 24.7 Å². The average Bonchev–Trinajstić information content (AvgIpc) is 3.07. The second-order valence-electron chi connectivity index (χ2n) is 6.48. The van der Waals surface area contributed by atoms with Gasteiger partial charge in [0, 0.05) is 25.3 Å². The molecule has 2 heterocycles. The minimum absolute atomic E-state index is 0.0402. The number of benzene rings is 2. The average molecular weight is 358 g/mol. The van der Waals surface area contributed by atoms with Gasteiger partial charge in [0.25, 0.3) is 0 Å². The number of hydrogen-bond donors (Lipinski definition) is 0. The molecule has 1 fully saturated rings. The van der Waals surface area contributed by atoms with E-state index in [2.05, 4.69) is 11.0 Å². The van der Waals surface area contributed by atoms with Crippen molar-refractivity contribution in [1.82, 2.24) is 0 Å². The summed E-state index contributed by atoms with van der Waals surface area (Å²) in [7, 11) is -3.36. The van der Waals surface area contributed by atoms with E-state index in [-0.39, 0.29) is 5.75 Å². The number of ether oxygens (including phenoxy) is 1. The maximum absolute atomic E-state index is 12.9. The second-order valence-corrected chi connectivity index (χ2v) is 8.37. The minimum Gasteiger partial charge on any atom is -0.378 e. The van der Waals surface area contributed by atoms with E-state index in [4.69, 9.17) is 4.74 Å². The zero-order valence-corrected chi connectivity index (χ0v) is 14.9. The van der Waals surface area contributed by atoms with Crippen molar-refractivity contribution in [3.8, 4) is 0 Å².